The number of rotatable bonds is 5. The van der Waals surface area contributed by atoms with Crippen LogP contribution < -0.4 is 0 Å². The molecule has 0 atom stereocenters. The summed E-state index contributed by atoms with van der Waals surface area (Å²) in [6.07, 6.45) is 14.3. The number of hydrogen-bond acceptors (Lipinski definition) is 0. The lowest BCUT2D eigenvalue weighted by atomic mass is 10.1. The fourth-order valence-electron chi connectivity index (χ4n) is 0.985. The molecule has 68 valence electrons. The van der Waals surface area contributed by atoms with E-state index < -0.39 is 0 Å². The Labute approximate surface area is 76.7 Å². The van der Waals surface area contributed by atoms with Gasteiger partial charge in [-0.15, -0.1) is 0 Å². The van der Waals surface area contributed by atoms with Crippen molar-refractivity contribution >= 4 is 0 Å². The molecule has 0 unspecified atom stereocenters. The fourth-order valence-corrected chi connectivity index (χ4v) is 0.985. The molecule has 0 aromatic carbocycles. The molecule has 0 saturated carbocycles. The third-order valence-electron chi connectivity index (χ3n) is 1.78. The molecule has 0 spiro atoms. The lowest BCUT2D eigenvalue weighted by molar-refractivity contribution is 0.966. The monoisotopic (exact) mass is 164 g/mol. The van der Waals surface area contributed by atoms with Gasteiger partial charge in [-0.1, -0.05) is 36.0 Å². The molecule has 0 aliphatic heterocycles. The Kier molecular flexibility index (Phi) is 7.78. The first-order valence-electron chi connectivity index (χ1n) is 4.69. The highest BCUT2D eigenvalue weighted by atomic mass is 13.9. The molecule has 0 saturated heterocycles. The second-order valence-electron chi connectivity index (χ2n) is 2.96. The molecule has 0 nitrogen and oxygen atoms in total. The fraction of sp³-hybridized carbons (Fsp3) is 0.500. The van der Waals surface area contributed by atoms with Crippen molar-refractivity contribution in [3.8, 4) is 0 Å². The maximum absolute atomic E-state index is 2.30. The van der Waals surface area contributed by atoms with Crippen LogP contribution in [-0.4, -0.2) is 0 Å². The largest absolute Gasteiger partial charge is 0.0917 e. The summed E-state index contributed by atoms with van der Waals surface area (Å²) in [6, 6.07) is 0. The summed E-state index contributed by atoms with van der Waals surface area (Å²) in [5.41, 5.74) is 1.49. The van der Waals surface area contributed by atoms with Gasteiger partial charge in [-0.25, -0.2) is 0 Å². The molecule has 0 fully saturated rings. The summed E-state index contributed by atoms with van der Waals surface area (Å²) in [5, 5.41) is 0. The van der Waals surface area contributed by atoms with E-state index in [1.807, 2.05) is 0 Å². The van der Waals surface area contributed by atoms with E-state index in [4.69, 9.17) is 0 Å². The Balaban J connectivity index is 3.55. The van der Waals surface area contributed by atoms with Crippen molar-refractivity contribution in [1.82, 2.24) is 0 Å². The van der Waals surface area contributed by atoms with Crippen LogP contribution in [-0.2, 0) is 0 Å². The van der Waals surface area contributed by atoms with Crippen LogP contribution in [0.4, 0.5) is 0 Å². The summed E-state index contributed by atoms with van der Waals surface area (Å²) in [7, 11) is 0. The van der Waals surface area contributed by atoms with Crippen molar-refractivity contribution in [2.24, 2.45) is 0 Å². The van der Waals surface area contributed by atoms with E-state index in [-0.39, 0.29) is 0 Å². The van der Waals surface area contributed by atoms with Crippen molar-refractivity contribution in [3.63, 3.8) is 0 Å². The van der Waals surface area contributed by atoms with Crippen LogP contribution in [0, 0.1) is 0 Å². The number of allylic oxidation sites excluding steroid dienone is 6. The Morgan fingerprint density at radius 3 is 2.33 bits per heavy atom. The van der Waals surface area contributed by atoms with Crippen LogP contribution in [0.1, 0.15) is 40.0 Å². The molecular formula is C12H20. The molecule has 0 rings (SSSR count). The Morgan fingerprint density at radius 1 is 1.08 bits per heavy atom. The molecular weight excluding hydrogens is 144 g/mol. The van der Waals surface area contributed by atoms with Gasteiger partial charge in [0.15, 0.2) is 0 Å². The van der Waals surface area contributed by atoms with E-state index >= 15 is 0 Å². The van der Waals surface area contributed by atoms with Crippen molar-refractivity contribution in [3.05, 3.63) is 36.0 Å². The van der Waals surface area contributed by atoms with Gasteiger partial charge in [-0.3, -0.25) is 0 Å². The zero-order valence-electron chi connectivity index (χ0n) is 8.51. The van der Waals surface area contributed by atoms with Crippen LogP contribution in [0.2, 0.25) is 0 Å². The SMILES string of the molecule is CC=CCC=C(C)CCC=CC. The predicted octanol–water partition coefficient (Wildman–Crippen LogP) is 4.26. The zero-order valence-corrected chi connectivity index (χ0v) is 8.51. The second-order valence-corrected chi connectivity index (χ2v) is 2.96. The topological polar surface area (TPSA) is 0 Å². The van der Waals surface area contributed by atoms with Gasteiger partial charge in [0.25, 0.3) is 0 Å². The number of hydrogen-bond donors (Lipinski definition) is 0. The van der Waals surface area contributed by atoms with Gasteiger partial charge in [-0.05, 0) is 40.0 Å². The second kappa shape index (κ2) is 8.32. The summed E-state index contributed by atoms with van der Waals surface area (Å²) < 4.78 is 0. The molecule has 0 aliphatic carbocycles. The van der Waals surface area contributed by atoms with Crippen molar-refractivity contribution in [1.29, 1.82) is 0 Å². The van der Waals surface area contributed by atoms with E-state index in [9.17, 15) is 0 Å². The maximum Gasteiger partial charge on any atom is -0.0167 e. The van der Waals surface area contributed by atoms with Gasteiger partial charge < -0.3 is 0 Å². The third-order valence-corrected chi connectivity index (χ3v) is 1.78. The van der Waals surface area contributed by atoms with Crippen molar-refractivity contribution in [2.75, 3.05) is 0 Å². The molecule has 0 heteroatoms. The van der Waals surface area contributed by atoms with Gasteiger partial charge in [0.05, 0.1) is 0 Å². The summed E-state index contributed by atoms with van der Waals surface area (Å²) >= 11 is 0. The van der Waals surface area contributed by atoms with E-state index in [1.54, 1.807) is 0 Å². The van der Waals surface area contributed by atoms with Gasteiger partial charge in [0.1, 0.15) is 0 Å². The lowest BCUT2D eigenvalue weighted by Gasteiger charge is -1.95. The molecule has 12 heavy (non-hydrogen) atoms. The van der Waals surface area contributed by atoms with E-state index in [0.29, 0.717) is 0 Å². The maximum atomic E-state index is 2.30. The van der Waals surface area contributed by atoms with Gasteiger partial charge in [-0.2, -0.15) is 0 Å². The Hall–Kier alpha value is -0.780. The van der Waals surface area contributed by atoms with Crippen LogP contribution in [0.3, 0.4) is 0 Å². The van der Waals surface area contributed by atoms with Crippen LogP contribution in [0.5, 0.6) is 0 Å². The van der Waals surface area contributed by atoms with Crippen LogP contribution in [0.15, 0.2) is 36.0 Å². The molecule has 0 bridgehead atoms. The van der Waals surface area contributed by atoms with E-state index in [0.717, 1.165) is 6.42 Å². The quantitative estimate of drug-likeness (QED) is 0.533. The smallest absolute Gasteiger partial charge is 0.0167 e. The molecule has 0 aliphatic rings. The van der Waals surface area contributed by atoms with Crippen molar-refractivity contribution in [2.45, 2.75) is 40.0 Å². The Bertz CT molecular complexity index is 170. The first-order valence-corrected chi connectivity index (χ1v) is 4.69. The average Bonchev–Trinajstić information content (AvgIpc) is 2.06. The predicted molar refractivity (Wildman–Crippen MR) is 57.2 cm³/mol. The van der Waals surface area contributed by atoms with E-state index in [1.165, 1.54) is 18.4 Å². The molecule has 0 aromatic heterocycles. The standard InChI is InChI=1S/C12H20/c1-4-6-8-10-12(3)11-9-7-5-2/h4-7,10H,8-9,11H2,1-3H3. The summed E-state index contributed by atoms with van der Waals surface area (Å²) in [5.74, 6) is 0. The van der Waals surface area contributed by atoms with Crippen LogP contribution in [0.25, 0.3) is 0 Å². The minimum atomic E-state index is 1.08. The highest BCUT2D eigenvalue weighted by Crippen LogP contribution is 2.05. The first-order chi connectivity index (χ1) is 5.81. The summed E-state index contributed by atoms with van der Waals surface area (Å²) in [4.78, 5) is 0. The first kappa shape index (κ1) is 11.2. The minimum absolute atomic E-state index is 1.08. The molecule has 0 radical (unpaired) electrons. The third kappa shape index (κ3) is 7.33. The molecule has 0 heterocycles. The highest BCUT2D eigenvalue weighted by Gasteiger charge is 1.85. The zero-order chi connectivity index (χ0) is 9.23. The minimum Gasteiger partial charge on any atom is -0.0917 e. The molecule has 0 amide bonds. The molecule has 0 N–H and O–H groups in total. The lowest BCUT2D eigenvalue weighted by Crippen LogP contribution is -1.75. The summed E-state index contributed by atoms with van der Waals surface area (Å²) in [6.45, 7) is 6.33. The van der Waals surface area contributed by atoms with Gasteiger partial charge >= 0.3 is 0 Å². The van der Waals surface area contributed by atoms with Gasteiger partial charge in [0.2, 0.25) is 0 Å². The Morgan fingerprint density at radius 2 is 1.75 bits per heavy atom. The van der Waals surface area contributed by atoms with Crippen LogP contribution >= 0.6 is 0 Å². The highest BCUT2D eigenvalue weighted by molar-refractivity contribution is 5.02. The van der Waals surface area contributed by atoms with Gasteiger partial charge in [0, 0.05) is 0 Å². The average molecular weight is 164 g/mol. The van der Waals surface area contributed by atoms with E-state index in [2.05, 4.69) is 51.2 Å². The van der Waals surface area contributed by atoms with Crippen molar-refractivity contribution < 1.29 is 0 Å². The normalized spacial score (nSPS) is 13.4. The molecule has 0 aromatic rings.